The molecule has 2 aromatic carbocycles. The van der Waals surface area contributed by atoms with Gasteiger partial charge < -0.3 is 14.0 Å². The van der Waals surface area contributed by atoms with E-state index < -0.39 is 12.3 Å². The van der Waals surface area contributed by atoms with Gasteiger partial charge in [0, 0.05) is 34.8 Å². The van der Waals surface area contributed by atoms with Crippen molar-refractivity contribution in [3.8, 4) is 0 Å². The third-order valence-electron chi connectivity index (χ3n) is 4.99. The number of hydrogen-bond donors (Lipinski definition) is 0. The summed E-state index contributed by atoms with van der Waals surface area (Å²) in [5.74, 6) is -1.00. The minimum atomic E-state index is -2.69. The summed E-state index contributed by atoms with van der Waals surface area (Å²) in [6.07, 6.45) is -1.36. The van der Waals surface area contributed by atoms with Crippen LogP contribution in [0.5, 0.6) is 0 Å². The molecule has 3 rings (SSSR count). The summed E-state index contributed by atoms with van der Waals surface area (Å²) in [6, 6.07) is 11.2. The molecule has 0 saturated heterocycles. The van der Waals surface area contributed by atoms with Gasteiger partial charge in [-0.2, -0.15) is 4.99 Å². The summed E-state index contributed by atoms with van der Waals surface area (Å²) in [7, 11) is 0. The van der Waals surface area contributed by atoms with E-state index in [0.29, 0.717) is 25.2 Å². The highest BCUT2D eigenvalue weighted by Crippen LogP contribution is 2.20. The molecule has 0 unspecified atom stereocenters. The Labute approximate surface area is 209 Å². The molecule has 1 heterocycles. The predicted molar refractivity (Wildman–Crippen MR) is 131 cm³/mol. The molecule has 3 aromatic rings. The number of carbonyl (C=O) groups excluding carboxylic acids is 2. The van der Waals surface area contributed by atoms with E-state index in [-0.39, 0.29) is 30.4 Å². The number of imidazole rings is 1. The van der Waals surface area contributed by atoms with Gasteiger partial charge in [-0.05, 0) is 65.8 Å². The van der Waals surface area contributed by atoms with Gasteiger partial charge in [0.05, 0.1) is 17.6 Å². The van der Waals surface area contributed by atoms with Crippen LogP contribution in [0.3, 0.4) is 0 Å². The zero-order chi connectivity index (χ0) is 24.7. The van der Waals surface area contributed by atoms with Gasteiger partial charge in [-0.3, -0.25) is 14.2 Å². The maximum absolute atomic E-state index is 13.1. The first-order chi connectivity index (χ1) is 16.3. The Kier molecular flexibility index (Phi) is 9.34. The lowest BCUT2D eigenvalue weighted by molar-refractivity contribution is -0.141. The second-order valence-corrected chi connectivity index (χ2v) is 8.83. The van der Waals surface area contributed by atoms with Gasteiger partial charge in [0.15, 0.2) is 0 Å². The molecule has 1 aromatic heterocycles. The normalized spacial score (nSPS) is 12.0. The largest absolute Gasteiger partial charge is 0.466 e. The number of halogens is 3. The van der Waals surface area contributed by atoms with Gasteiger partial charge in [0.1, 0.15) is 6.73 Å². The van der Waals surface area contributed by atoms with E-state index in [2.05, 4.69) is 27.6 Å². The molecule has 7 nitrogen and oxygen atoms in total. The highest BCUT2D eigenvalue weighted by Gasteiger charge is 2.16. The number of alkyl halides is 2. The lowest BCUT2D eigenvalue weighted by Gasteiger charge is -2.08. The minimum Gasteiger partial charge on any atom is -0.466 e. The van der Waals surface area contributed by atoms with Crippen LogP contribution in [0.2, 0.25) is 0 Å². The first-order valence-electron chi connectivity index (χ1n) is 10.9. The minimum absolute atomic E-state index is 0.0742. The highest BCUT2D eigenvalue weighted by atomic mass is 127. The van der Waals surface area contributed by atoms with Crippen LogP contribution in [-0.4, -0.2) is 34.2 Å². The summed E-state index contributed by atoms with van der Waals surface area (Å²) in [5, 5.41) is 0. The van der Waals surface area contributed by atoms with E-state index in [1.165, 1.54) is 25.1 Å². The standard InChI is InChI=1S/C24H26F2IN3O4/c1-3-11-33-15-30-21-14-19(27)8-9-20(21)29(10-5-12-34-16(2)31)24(30)28-23(32)18-7-4-6-17(13-18)22(25)26/h4,6-9,13-14,22H,3,5,10-12,15H2,1-2H3/b28-24-. The molecular formula is C24H26F2IN3O4. The van der Waals surface area contributed by atoms with Crippen LogP contribution in [0.15, 0.2) is 47.5 Å². The van der Waals surface area contributed by atoms with Crippen molar-refractivity contribution in [2.75, 3.05) is 13.2 Å². The number of ether oxygens (including phenoxy) is 2. The third-order valence-corrected chi connectivity index (χ3v) is 5.66. The number of amides is 1. The van der Waals surface area contributed by atoms with E-state index in [1.54, 1.807) is 4.57 Å². The first kappa shape index (κ1) is 26.0. The fraction of sp³-hybridized carbons (Fsp3) is 0.375. The lowest BCUT2D eigenvalue weighted by atomic mass is 10.1. The second kappa shape index (κ2) is 12.2. The van der Waals surface area contributed by atoms with Crippen molar-refractivity contribution < 1.29 is 27.8 Å². The fourth-order valence-corrected chi connectivity index (χ4v) is 3.95. The Morgan fingerprint density at radius 2 is 1.88 bits per heavy atom. The molecule has 0 fully saturated rings. The fourth-order valence-electron chi connectivity index (χ4n) is 3.47. The second-order valence-electron chi connectivity index (χ2n) is 7.59. The van der Waals surface area contributed by atoms with Crippen molar-refractivity contribution in [3.63, 3.8) is 0 Å². The average Bonchev–Trinajstić information content (AvgIpc) is 3.08. The molecule has 182 valence electrons. The summed E-state index contributed by atoms with van der Waals surface area (Å²) >= 11 is 2.21. The molecule has 10 heteroatoms. The lowest BCUT2D eigenvalue weighted by Crippen LogP contribution is -2.29. The number of benzene rings is 2. The van der Waals surface area contributed by atoms with Crippen LogP contribution in [0.25, 0.3) is 11.0 Å². The molecule has 0 atom stereocenters. The molecule has 0 aliphatic rings. The van der Waals surface area contributed by atoms with E-state index >= 15 is 0 Å². The van der Waals surface area contributed by atoms with Gasteiger partial charge in [0.25, 0.3) is 12.3 Å². The van der Waals surface area contributed by atoms with Gasteiger partial charge in [-0.15, -0.1) is 0 Å². The highest BCUT2D eigenvalue weighted by molar-refractivity contribution is 14.1. The molecule has 0 spiro atoms. The van der Waals surface area contributed by atoms with Crippen molar-refractivity contribution in [1.29, 1.82) is 0 Å². The third kappa shape index (κ3) is 6.50. The SMILES string of the molecule is CCCOCn1/c(=N\C(=O)c2cccc(C(F)F)c2)n(CCCOC(C)=O)c2ccc(I)cc21. The van der Waals surface area contributed by atoms with Crippen molar-refractivity contribution in [2.45, 2.75) is 46.4 Å². The molecule has 1 amide bonds. The Bertz CT molecular complexity index is 1240. The van der Waals surface area contributed by atoms with E-state index in [9.17, 15) is 18.4 Å². The monoisotopic (exact) mass is 585 g/mol. The molecule has 34 heavy (non-hydrogen) atoms. The van der Waals surface area contributed by atoms with E-state index in [4.69, 9.17) is 9.47 Å². The van der Waals surface area contributed by atoms with E-state index in [1.807, 2.05) is 29.7 Å². The number of hydrogen-bond acceptors (Lipinski definition) is 4. The summed E-state index contributed by atoms with van der Waals surface area (Å²) in [6.45, 7) is 4.68. The Morgan fingerprint density at radius 1 is 1.09 bits per heavy atom. The number of esters is 1. The predicted octanol–water partition coefficient (Wildman–Crippen LogP) is 5.06. The zero-order valence-corrected chi connectivity index (χ0v) is 21.1. The summed E-state index contributed by atoms with van der Waals surface area (Å²) < 4.78 is 41.8. The van der Waals surface area contributed by atoms with E-state index in [0.717, 1.165) is 27.1 Å². The van der Waals surface area contributed by atoms with Gasteiger partial charge >= 0.3 is 5.97 Å². The number of aromatic nitrogens is 2. The molecule has 0 aliphatic heterocycles. The average molecular weight is 585 g/mol. The molecule has 0 aliphatic carbocycles. The van der Waals surface area contributed by atoms with Crippen molar-refractivity contribution >= 4 is 45.5 Å². The van der Waals surface area contributed by atoms with Crippen molar-refractivity contribution in [1.82, 2.24) is 9.13 Å². The van der Waals surface area contributed by atoms with Crippen molar-refractivity contribution in [2.24, 2.45) is 4.99 Å². The number of carbonyl (C=O) groups is 2. The number of nitrogens with zero attached hydrogens (tertiary/aromatic N) is 3. The maximum atomic E-state index is 13.1. The Morgan fingerprint density at radius 3 is 2.59 bits per heavy atom. The van der Waals surface area contributed by atoms with Gasteiger partial charge in [-0.1, -0.05) is 19.1 Å². The molecule has 0 saturated carbocycles. The van der Waals surface area contributed by atoms with Crippen LogP contribution in [0, 0.1) is 3.57 Å². The number of aryl methyl sites for hydroxylation is 1. The zero-order valence-electron chi connectivity index (χ0n) is 19.0. The molecule has 0 bridgehead atoms. The Balaban J connectivity index is 2.12. The first-order valence-corrected chi connectivity index (χ1v) is 12.0. The maximum Gasteiger partial charge on any atom is 0.302 e. The number of rotatable bonds is 10. The van der Waals surface area contributed by atoms with Gasteiger partial charge in [0.2, 0.25) is 5.62 Å². The summed E-state index contributed by atoms with van der Waals surface area (Å²) in [5.41, 5.74) is 1.82. The molecule has 0 radical (unpaired) electrons. The van der Waals surface area contributed by atoms with Crippen LogP contribution in [0.4, 0.5) is 8.78 Å². The van der Waals surface area contributed by atoms with Crippen LogP contribution >= 0.6 is 22.6 Å². The Hall–Kier alpha value is -2.60. The molecule has 0 N–H and O–H groups in total. The van der Waals surface area contributed by atoms with Crippen LogP contribution in [0.1, 0.15) is 49.0 Å². The van der Waals surface area contributed by atoms with Crippen LogP contribution in [-0.2, 0) is 27.5 Å². The quantitative estimate of drug-likeness (QED) is 0.189. The van der Waals surface area contributed by atoms with Gasteiger partial charge in [-0.25, -0.2) is 8.78 Å². The van der Waals surface area contributed by atoms with Crippen LogP contribution < -0.4 is 5.62 Å². The number of fused-ring (bicyclic) bond motifs is 1. The smallest absolute Gasteiger partial charge is 0.302 e. The topological polar surface area (TPSA) is 74.8 Å². The summed E-state index contributed by atoms with van der Waals surface area (Å²) in [4.78, 5) is 28.5. The van der Waals surface area contributed by atoms with Crippen molar-refractivity contribution in [3.05, 3.63) is 62.8 Å². The molecular weight excluding hydrogens is 559 g/mol.